The lowest BCUT2D eigenvalue weighted by Gasteiger charge is -2.33. The summed E-state index contributed by atoms with van der Waals surface area (Å²) in [7, 11) is 5.46. The van der Waals surface area contributed by atoms with Crippen molar-refractivity contribution in [3.8, 4) is 6.07 Å². The average Bonchev–Trinajstić information content (AvgIpc) is 3.47. The second-order valence-corrected chi connectivity index (χ2v) is 10.1. The van der Waals surface area contributed by atoms with E-state index in [9.17, 15) is 14.4 Å². The van der Waals surface area contributed by atoms with Gasteiger partial charge in [0.25, 0.3) is 0 Å². The molecular formula is C28H36N8O4. The summed E-state index contributed by atoms with van der Waals surface area (Å²) in [6, 6.07) is 6.02. The van der Waals surface area contributed by atoms with Gasteiger partial charge in [-0.1, -0.05) is 0 Å². The maximum atomic E-state index is 12.1. The smallest absolute Gasteiger partial charge is 0.237 e. The zero-order valence-corrected chi connectivity index (χ0v) is 23.3. The van der Waals surface area contributed by atoms with Gasteiger partial charge in [-0.3, -0.25) is 24.2 Å². The quantitative estimate of drug-likeness (QED) is 0.505. The number of carbonyl (C=O) groups excluding carboxylic acids is 3. The number of anilines is 3. The van der Waals surface area contributed by atoms with Gasteiger partial charge >= 0.3 is 0 Å². The fraction of sp³-hybridized carbons (Fsp3) is 0.500. The Bertz CT molecular complexity index is 1280. The number of nitriles is 1. The summed E-state index contributed by atoms with van der Waals surface area (Å²) in [5, 5.41) is 12.1. The Balaban J connectivity index is 0.000000194. The summed E-state index contributed by atoms with van der Waals surface area (Å²) in [5.41, 5.74) is 3.58. The van der Waals surface area contributed by atoms with Gasteiger partial charge in [0.1, 0.15) is 23.4 Å². The van der Waals surface area contributed by atoms with Crippen LogP contribution in [0.1, 0.15) is 40.0 Å². The molecule has 1 N–H and O–H groups in total. The molecule has 12 heteroatoms. The lowest BCUT2D eigenvalue weighted by Crippen LogP contribution is -2.48. The molecule has 0 saturated carbocycles. The number of aromatic nitrogens is 2. The van der Waals surface area contributed by atoms with Crippen LogP contribution in [0.3, 0.4) is 0 Å². The fourth-order valence-electron chi connectivity index (χ4n) is 5.18. The number of fused-ring (bicyclic) bond motifs is 1. The Morgan fingerprint density at radius 3 is 2.70 bits per heavy atom. The minimum absolute atomic E-state index is 0.0582. The van der Waals surface area contributed by atoms with Crippen LogP contribution in [0.4, 0.5) is 17.3 Å². The molecule has 5 rings (SSSR count). The normalized spacial score (nSPS) is 18.9. The van der Waals surface area contributed by atoms with Crippen LogP contribution in [0, 0.1) is 11.3 Å². The SMILES string of the molecule is CN1CCN(Cc2cc3c(nc2C=O)N(C=O)CCC3)C(=O)C1.CNc1cc(N2CCC(OC)C2)c(C#N)cn1. The van der Waals surface area contributed by atoms with Crippen molar-refractivity contribution in [1.29, 1.82) is 5.26 Å². The zero-order valence-electron chi connectivity index (χ0n) is 23.3. The molecular weight excluding hydrogens is 512 g/mol. The Morgan fingerprint density at radius 1 is 1.23 bits per heavy atom. The second-order valence-electron chi connectivity index (χ2n) is 10.1. The minimum Gasteiger partial charge on any atom is -0.380 e. The van der Waals surface area contributed by atoms with Crippen LogP contribution >= 0.6 is 0 Å². The molecule has 2 aromatic rings. The van der Waals surface area contributed by atoms with E-state index < -0.39 is 0 Å². The Hall–Kier alpha value is -4.08. The molecule has 0 aromatic carbocycles. The maximum absolute atomic E-state index is 12.1. The van der Waals surface area contributed by atoms with Crippen LogP contribution in [0.25, 0.3) is 0 Å². The average molecular weight is 549 g/mol. The van der Waals surface area contributed by atoms with Gasteiger partial charge in [0, 0.05) is 71.3 Å². The van der Waals surface area contributed by atoms with E-state index in [0.29, 0.717) is 49.5 Å². The van der Waals surface area contributed by atoms with Crippen LogP contribution in [0.5, 0.6) is 0 Å². The first-order chi connectivity index (χ1) is 19.4. The number of likely N-dealkylation sites (N-methyl/N-ethyl adjacent to an activating group) is 1. The fourth-order valence-corrected chi connectivity index (χ4v) is 5.18. The molecule has 5 heterocycles. The molecule has 12 nitrogen and oxygen atoms in total. The molecule has 0 aliphatic carbocycles. The predicted molar refractivity (Wildman–Crippen MR) is 150 cm³/mol. The Labute approximate surface area is 234 Å². The third-order valence-corrected chi connectivity index (χ3v) is 7.50. The highest BCUT2D eigenvalue weighted by Gasteiger charge is 2.26. The van der Waals surface area contributed by atoms with E-state index in [-0.39, 0.29) is 12.0 Å². The monoisotopic (exact) mass is 548 g/mol. The summed E-state index contributed by atoms with van der Waals surface area (Å²) in [6.45, 7) is 4.62. The molecule has 0 bridgehead atoms. The first-order valence-corrected chi connectivity index (χ1v) is 13.4. The number of methoxy groups -OCH3 is 1. The number of carbonyl (C=O) groups is 3. The van der Waals surface area contributed by atoms with Crippen molar-refractivity contribution < 1.29 is 19.1 Å². The van der Waals surface area contributed by atoms with E-state index in [1.165, 1.54) is 4.90 Å². The molecule has 0 spiro atoms. The molecule has 40 heavy (non-hydrogen) atoms. The number of amides is 2. The van der Waals surface area contributed by atoms with Crippen molar-refractivity contribution in [2.45, 2.75) is 31.9 Å². The van der Waals surface area contributed by atoms with E-state index in [2.05, 4.69) is 26.3 Å². The van der Waals surface area contributed by atoms with Crippen molar-refractivity contribution >= 4 is 35.9 Å². The molecule has 2 fully saturated rings. The van der Waals surface area contributed by atoms with Crippen molar-refractivity contribution in [1.82, 2.24) is 19.8 Å². The van der Waals surface area contributed by atoms with E-state index >= 15 is 0 Å². The molecule has 2 amide bonds. The maximum Gasteiger partial charge on any atom is 0.237 e. The van der Waals surface area contributed by atoms with Crippen molar-refractivity contribution in [3.63, 3.8) is 0 Å². The highest BCUT2D eigenvalue weighted by atomic mass is 16.5. The lowest BCUT2D eigenvalue weighted by atomic mass is 10.0. The van der Waals surface area contributed by atoms with Gasteiger partial charge in [-0.05, 0) is 37.9 Å². The number of hydrogen-bond donors (Lipinski definition) is 1. The number of rotatable bonds is 7. The molecule has 212 valence electrons. The molecule has 2 aromatic heterocycles. The molecule has 0 radical (unpaired) electrons. The van der Waals surface area contributed by atoms with Crippen molar-refractivity contribution in [2.75, 3.05) is 75.6 Å². The number of nitrogens with zero attached hydrogens (tertiary/aromatic N) is 7. The van der Waals surface area contributed by atoms with E-state index in [1.807, 2.05) is 31.1 Å². The van der Waals surface area contributed by atoms with Crippen LogP contribution in [-0.2, 0) is 27.3 Å². The van der Waals surface area contributed by atoms with Gasteiger partial charge in [0.15, 0.2) is 6.29 Å². The zero-order chi connectivity index (χ0) is 28.6. The molecule has 2 saturated heterocycles. The van der Waals surface area contributed by atoms with Crippen molar-refractivity contribution in [3.05, 3.63) is 40.7 Å². The minimum atomic E-state index is 0.0582. The largest absolute Gasteiger partial charge is 0.380 e. The van der Waals surface area contributed by atoms with Crippen molar-refractivity contribution in [2.24, 2.45) is 0 Å². The third kappa shape index (κ3) is 6.55. The summed E-state index contributed by atoms with van der Waals surface area (Å²) >= 11 is 0. The van der Waals surface area contributed by atoms with Gasteiger partial charge < -0.3 is 19.9 Å². The lowest BCUT2D eigenvalue weighted by molar-refractivity contribution is -0.136. The van der Waals surface area contributed by atoms with E-state index in [1.54, 1.807) is 18.2 Å². The first kappa shape index (κ1) is 28.9. The topological polar surface area (TPSA) is 135 Å². The summed E-state index contributed by atoms with van der Waals surface area (Å²) in [4.78, 5) is 50.6. The number of aryl methyl sites for hydroxylation is 1. The van der Waals surface area contributed by atoms with E-state index in [4.69, 9.17) is 10.00 Å². The highest BCUT2D eigenvalue weighted by molar-refractivity contribution is 5.82. The van der Waals surface area contributed by atoms with Gasteiger partial charge in [-0.25, -0.2) is 9.97 Å². The van der Waals surface area contributed by atoms with E-state index in [0.717, 1.165) is 67.9 Å². The number of piperazine rings is 1. The number of ether oxygens (including phenoxy) is 1. The second kappa shape index (κ2) is 13.3. The summed E-state index contributed by atoms with van der Waals surface area (Å²) in [6.07, 6.45) is 6.03. The Morgan fingerprint density at radius 2 is 2.05 bits per heavy atom. The molecule has 3 aliphatic heterocycles. The first-order valence-electron chi connectivity index (χ1n) is 13.4. The summed E-state index contributed by atoms with van der Waals surface area (Å²) < 4.78 is 5.34. The number of pyridine rings is 2. The van der Waals surface area contributed by atoms with Crippen LogP contribution in [-0.4, -0.2) is 105 Å². The predicted octanol–water partition coefficient (Wildman–Crippen LogP) is 1.30. The number of aldehydes is 1. The van der Waals surface area contributed by atoms with Gasteiger partial charge in [0.05, 0.1) is 23.9 Å². The highest BCUT2D eigenvalue weighted by Crippen LogP contribution is 2.28. The van der Waals surface area contributed by atoms with Gasteiger partial charge in [-0.15, -0.1) is 0 Å². The van der Waals surface area contributed by atoms with Crippen LogP contribution in [0.2, 0.25) is 0 Å². The third-order valence-electron chi connectivity index (χ3n) is 7.50. The van der Waals surface area contributed by atoms with Crippen LogP contribution < -0.4 is 15.1 Å². The number of hydrogen-bond acceptors (Lipinski definition) is 10. The molecule has 1 atom stereocenters. The molecule has 3 aliphatic rings. The Kier molecular flexibility index (Phi) is 9.63. The molecule has 1 unspecified atom stereocenters. The van der Waals surface area contributed by atoms with Gasteiger partial charge in [-0.2, -0.15) is 5.26 Å². The van der Waals surface area contributed by atoms with Crippen LogP contribution in [0.15, 0.2) is 18.3 Å². The number of nitrogens with one attached hydrogen (secondary N) is 1. The standard InChI is InChI=1S/C16H20N4O3.C12H16N4O/c1-18-5-6-19(15(23)9-18)8-13-7-12-3-2-4-20(11-22)16(12)17-14(13)10-21;1-14-12-5-11(9(6-13)7-15-12)16-4-3-10(8-16)17-2/h7,10-11H,2-6,8-9H2,1H3;5,7,10H,3-4,8H2,1-2H3,(H,14,15). The van der Waals surface area contributed by atoms with Gasteiger partial charge in [0.2, 0.25) is 12.3 Å². The summed E-state index contributed by atoms with van der Waals surface area (Å²) in [5.74, 6) is 1.41.